The Morgan fingerprint density at radius 2 is 0.549 bits per heavy atom. The monoisotopic (exact) mass is 1270 g/mol. The number of esters is 1. The van der Waals surface area contributed by atoms with Gasteiger partial charge in [-0.3, -0.25) is 9.59 Å². The molecule has 0 saturated carbocycles. The first kappa shape index (κ1) is 88.6. The van der Waals surface area contributed by atoms with Gasteiger partial charge in [-0.05, 0) is 96.3 Å². The number of aliphatic hydroxyl groups is 2. The van der Waals surface area contributed by atoms with Crippen LogP contribution >= 0.6 is 0 Å². The molecule has 534 valence electrons. The molecule has 2 unspecified atom stereocenters. The van der Waals surface area contributed by atoms with Gasteiger partial charge in [0.15, 0.2) is 0 Å². The number of amides is 1. The number of hydrogen-bond acceptors (Lipinski definition) is 5. The van der Waals surface area contributed by atoms with Gasteiger partial charge in [0.1, 0.15) is 0 Å². The van der Waals surface area contributed by atoms with E-state index in [1.54, 1.807) is 6.08 Å². The number of hydrogen-bond donors (Lipinski definition) is 3. The number of ether oxygens (including phenoxy) is 1. The first-order valence-corrected chi connectivity index (χ1v) is 41.1. The molecule has 0 aliphatic rings. The van der Waals surface area contributed by atoms with Gasteiger partial charge < -0.3 is 20.3 Å². The average Bonchev–Trinajstić information content (AvgIpc) is 3.74. The second-order valence-corrected chi connectivity index (χ2v) is 28.1. The molecule has 6 nitrogen and oxygen atoms in total. The van der Waals surface area contributed by atoms with Crippen molar-refractivity contribution in [2.24, 2.45) is 0 Å². The van der Waals surface area contributed by atoms with Crippen LogP contribution in [0.5, 0.6) is 0 Å². The summed E-state index contributed by atoms with van der Waals surface area (Å²) in [5, 5.41) is 23.3. The van der Waals surface area contributed by atoms with E-state index in [2.05, 4.69) is 67.8 Å². The van der Waals surface area contributed by atoms with Crippen LogP contribution in [-0.2, 0) is 14.3 Å². The molecule has 0 bridgehead atoms. The summed E-state index contributed by atoms with van der Waals surface area (Å²) in [6, 6.07) is -0.627. The fourth-order valence-corrected chi connectivity index (χ4v) is 12.8. The van der Waals surface area contributed by atoms with E-state index >= 15 is 0 Å². The van der Waals surface area contributed by atoms with Gasteiger partial charge in [-0.15, -0.1) is 0 Å². The SMILES string of the molecule is CCCCC/C=C\C/C=C\CCCCCCCC(=O)OCCCCCCCCCCCCCCCCC/C=C\C/C=C\CCCCCCCCCCCCCCCCCCCC(=O)NC(CO)C(O)/C=C/CCCCCCCCCCCCCCCCCCCC. The van der Waals surface area contributed by atoms with Crippen molar-refractivity contribution >= 4 is 11.9 Å². The number of nitrogens with one attached hydrogen (secondary N) is 1. The highest BCUT2D eigenvalue weighted by atomic mass is 16.5. The van der Waals surface area contributed by atoms with Crippen molar-refractivity contribution in [3.8, 4) is 0 Å². The van der Waals surface area contributed by atoms with Crippen molar-refractivity contribution in [1.29, 1.82) is 0 Å². The third kappa shape index (κ3) is 76.5. The predicted molar refractivity (Wildman–Crippen MR) is 402 cm³/mol. The van der Waals surface area contributed by atoms with Crippen LogP contribution in [0.2, 0.25) is 0 Å². The molecule has 0 aliphatic carbocycles. The molecule has 0 aromatic heterocycles. The molecule has 0 heterocycles. The zero-order chi connectivity index (χ0) is 65.6. The summed E-state index contributed by atoms with van der Waals surface area (Å²) in [7, 11) is 0. The Hall–Kier alpha value is -2.44. The molecule has 0 radical (unpaired) electrons. The largest absolute Gasteiger partial charge is 0.466 e. The van der Waals surface area contributed by atoms with Crippen LogP contribution < -0.4 is 5.32 Å². The van der Waals surface area contributed by atoms with Crippen LogP contribution in [0.25, 0.3) is 0 Å². The third-order valence-corrected chi connectivity index (χ3v) is 19.0. The van der Waals surface area contributed by atoms with Gasteiger partial charge in [0.05, 0.1) is 25.4 Å². The van der Waals surface area contributed by atoms with Crippen LogP contribution in [-0.4, -0.2) is 47.4 Å². The maximum absolute atomic E-state index is 12.5. The summed E-state index contributed by atoms with van der Waals surface area (Å²) in [6.45, 7) is 4.91. The van der Waals surface area contributed by atoms with E-state index in [0.717, 1.165) is 57.8 Å². The predicted octanol–water partition coefficient (Wildman–Crippen LogP) is 27.3. The molecule has 2 atom stereocenters. The lowest BCUT2D eigenvalue weighted by Crippen LogP contribution is -2.45. The first-order valence-electron chi connectivity index (χ1n) is 41.1. The molecule has 0 spiro atoms. The van der Waals surface area contributed by atoms with Crippen LogP contribution in [0.1, 0.15) is 444 Å². The van der Waals surface area contributed by atoms with E-state index < -0.39 is 12.1 Å². The lowest BCUT2D eigenvalue weighted by Gasteiger charge is -2.20. The van der Waals surface area contributed by atoms with E-state index in [1.165, 1.54) is 360 Å². The van der Waals surface area contributed by atoms with Crippen LogP contribution in [0.15, 0.2) is 60.8 Å². The number of unbranched alkanes of at least 4 members (excludes halogenated alkanes) is 58. The highest BCUT2D eigenvalue weighted by molar-refractivity contribution is 5.76. The van der Waals surface area contributed by atoms with E-state index in [-0.39, 0.29) is 18.5 Å². The lowest BCUT2D eigenvalue weighted by molar-refractivity contribution is -0.143. The van der Waals surface area contributed by atoms with Gasteiger partial charge in [0, 0.05) is 12.8 Å². The molecule has 0 saturated heterocycles. The van der Waals surface area contributed by atoms with Crippen molar-refractivity contribution < 1.29 is 24.5 Å². The fourth-order valence-electron chi connectivity index (χ4n) is 12.8. The highest BCUT2D eigenvalue weighted by Gasteiger charge is 2.18. The van der Waals surface area contributed by atoms with Gasteiger partial charge in [0.25, 0.3) is 0 Å². The Labute approximate surface area is 569 Å². The molecular formula is C85H159NO5. The third-order valence-electron chi connectivity index (χ3n) is 19.0. The Morgan fingerprint density at radius 3 is 0.857 bits per heavy atom. The molecule has 91 heavy (non-hydrogen) atoms. The molecule has 3 N–H and O–H groups in total. The normalized spacial score (nSPS) is 12.8. The number of allylic oxidation sites excluding steroid dienone is 9. The van der Waals surface area contributed by atoms with Crippen molar-refractivity contribution in [2.45, 2.75) is 456 Å². The minimum Gasteiger partial charge on any atom is -0.466 e. The summed E-state index contributed by atoms with van der Waals surface area (Å²) in [5.41, 5.74) is 0. The first-order chi connectivity index (χ1) is 45.0. The number of carbonyl (C=O) groups excluding carboxylic acids is 2. The average molecular weight is 1280 g/mol. The van der Waals surface area contributed by atoms with E-state index in [0.29, 0.717) is 19.4 Å². The second kappa shape index (κ2) is 80.0. The smallest absolute Gasteiger partial charge is 0.305 e. The molecule has 0 aliphatic heterocycles. The van der Waals surface area contributed by atoms with Crippen molar-refractivity contribution in [2.75, 3.05) is 13.2 Å². The Balaban J connectivity index is 3.38. The van der Waals surface area contributed by atoms with Crippen molar-refractivity contribution in [1.82, 2.24) is 5.32 Å². The minimum atomic E-state index is -0.844. The van der Waals surface area contributed by atoms with Gasteiger partial charge in [-0.25, -0.2) is 0 Å². The molecule has 0 aromatic carbocycles. The van der Waals surface area contributed by atoms with E-state index in [1.807, 2.05) is 6.08 Å². The van der Waals surface area contributed by atoms with E-state index in [4.69, 9.17) is 4.74 Å². The lowest BCUT2D eigenvalue weighted by atomic mass is 10.0. The van der Waals surface area contributed by atoms with Crippen LogP contribution in [0.3, 0.4) is 0 Å². The summed E-state index contributed by atoms with van der Waals surface area (Å²) >= 11 is 0. The quantitative estimate of drug-likeness (QED) is 0.0320. The zero-order valence-electron chi connectivity index (χ0n) is 61.3. The highest BCUT2D eigenvalue weighted by Crippen LogP contribution is 2.19. The maximum Gasteiger partial charge on any atom is 0.305 e. The minimum absolute atomic E-state index is 0.00629. The fraction of sp³-hybridized carbons (Fsp3) is 0.859. The van der Waals surface area contributed by atoms with Gasteiger partial charge in [-0.1, -0.05) is 396 Å². The zero-order valence-corrected chi connectivity index (χ0v) is 61.3. The number of aliphatic hydroxyl groups excluding tert-OH is 2. The van der Waals surface area contributed by atoms with Crippen LogP contribution in [0.4, 0.5) is 0 Å². The molecule has 0 rings (SSSR count). The van der Waals surface area contributed by atoms with Gasteiger partial charge in [0.2, 0.25) is 5.91 Å². The van der Waals surface area contributed by atoms with Crippen molar-refractivity contribution in [3.05, 3.63) is 60.8 Å². The van der Waals surface area contributed by atoms with E-state index in [9.17, 15) is 19.8 Å². The summed E-state index contributed by atoms with van der Waals surface area (Å²) in [4.78, 5) is 24.6. The molecule has 1 amide bonds. The molecular weight excluding hydrogens is 1110 g/mol. The van der Waals surface area contributed by atoms with Gasteiger partial charge >= 0.3 is 5.97 Å². The topological polar surface area (TPSA) is 95.9 Å². The van der Waals surface area contributed by atoms with Crippen LogP contribution in [0, 0.1) is 0 Å². The summed E-state index contributed by atoms with van der Waals surface area (Å²) in [6.07, 6.45) is 108. The van der Waals surface area contributed by atoms with Crippen molar-refractivity contribution in [3.63, 3.8) is 0 Å². The number of rotatable bonds is 77. The number of carbonyl (C=O) groups is 2. The van der Waals surface area contributed by atoms with Gasteiger partial charge in [-0.2, -0.15) is 0 Å². The Bertz CT molecular complexity index is 1570. The Kier molecular flexibility index (Phi) is 77.9. The second-order valence-electron chi connectivity index (χ2n) is 28.1. The molecule has 6 heteroatoms. The summed E-state index contributed by atoms with van der Waals surface area (Å²) in [5.74, 6) is -0.0548. The standard InChI is InChI=1S/C85H159NO5/c1-3-5-7-9-11-13-15-17-19-20-21-43-46-50-53-57-61-65-69-73-77-83(88)82(81-87)86-84(89)78-74-70-66-62-58-54-51-47-44-41-39-37-35-33-31-29-27-25-23-22-24-26-28-30-32-34-36-38-40-42-45-48-52-56-60-64-68-72-76-80-91-85(90)79-75-71-67-63-59-55-49-18-16-14-12-10-8-6-4-2/h12,14,18,22-23,26,28,49,73,77,82-83,87-88H,3-11,13,15-17,19-21,24-25,27,29-48,50-72,74-76,78-81H2,1-2H3,(H,86,89)/b14-12-,23-22-,28-26-,49-18-,77-73+. The molecule has 0 fully saturated rings. The summed E-state index contributed by atoms with van der Waals surface area (Å²) < 4.78 is 5.49. The Morgan fingerprint density at radius 1 is 0.308 bits per heavy atom. The molecule has 0 aromatic rings. The maximum atomic E-state index is 12.5.